The van der Waals surface area contributed by atoms with E-state index in [1.807, 2.05) is 66.7 Å². The van der Waals surface area contributed by atoms with Gasteiger partial charge in [-0.05, 0) is 46.0 Å². The van der Waals surface area contributed by atoms with Gasteiger partial charge in [-0.15, -0.1) is 0 Å². The lowest BCUT2D eigenvalue weighted by molar-refractivity contribution is 0.619. The van der Waals surface area contributed by atoms with E-state index in [0.29, 0.717) is 16.9 Å². The lowest BCUT2D eigenvalue weighted by Gasteiger charge is -2.23. The van der Waals surface area contributed by atoms with Crippen LogP contribution in [0.25, 0.3) is 33.4 Å². The van der Waals surface area contributed by atoms with Crippen LogP contribution in [-0.4, -0.2) is 7.05 Å². The van der Waals surface area contributed by atoms with E-state index >= 15 is 4.39 Å². The topological polar surface area (TPSA) is 3.24 Å². The van der Waals surface area contributed by atoms with Crippen LogP contribution in [-0.2, 0) is 0 Å². The highest BCUT2D eigenvalue weighted by molar-refractivity contribution is 5.88. The van der Waals surface area contributed by atoms with Crippen LogP contribution in [0.2, 0.25) is 0 Å². The molecule has 3 heteroatoms. The molecule has 5 aromatic rings. The van der Waals surface area contributed by atoms with Gasteiger partial charge in [-0.3, -0.25) is 0 Å². The van der Waals surface area contributed by atoms with E-state index in [9.17, 15) is 4.39 Å². The van der Waals surface area contributed by atoms with Crippen molar-refractivity contribution in [2.24, 2.45) is 0 Å². The smallest absolute Gasteiger partial charge is 0.155 e. The van der Waals surface area contributed by atoms with Crippen molar-refractivity contribution in [3.8, 4) is 33.4 Å². The van der Waals surface area contributed by atoms with E-state index in [2.05, 4.69) is 24.3 Å². The Balaban J connectivity index is 1.63. The Morgan fingerprint density at radius 3 is 1.65 bits per heavy atom. The van der Waals surface area contributed by atoms with Crippen molar-refractivity contribution in [1.29, 1.82) is 0 Å². The molecule has 1 nitrogen and oxygen atoms in total. The molecule has 0 fully saturated rings. The molecular weight excluding hydrogens is 424 g/mol. The van der Waals surface area contributed by atoms with Crippen LogP contribution in [0, 0.1) is 11.6 Å². The van der Waals surface area contributed by atoms with Gasteiger partial charge >= 0.3 is 0 Å². The summed E-state index contributed by atoms with van der Waals surface area (Å²) in [5.74, 6) is -0.784. The van der Waals surface area contributed by atoms with Crippen LogP contribution < -0.4 is 4.90 Å². The second kappa shape index (κ2) is 9.32. The summed E-state index contributed by atoms with van der Waals surface area (Å²) in [6, 6.07) is 37.8. The summed E-state index contributed by atoms with van der Waals surface area (Å²) in [5.41, 5.74) is 5.83. The Labute approximate surface area is 198 Å². The first-order valence-corrected chi connectivity index (χ1v) is 11.2. The number of para-hydroxylation sites is 1. The molecule has 0 N–H and O–H groups in total. The van der Waals surface area contributed by atoms with Gasteiger partial charge in [-0.2, -0.15) is 0 Å². The van der Waals surface area contributed by atoms with E-state index in [1.54, 1.807) is 36.2 Å². The molecule has 0 heterocycles. The van der Waals surface area contributed by atoms with Gasteiger partial charge in [0.1, 0.15) is 5.82 Å². The van der Waals surface area contributed by atoms with Crippen molar-refractivity contribution in [2.45, 2.75) is 0 Å². The summed E-state index contributed by atoms with van der Waals surface area (Å²) in [4.78, 5) is 1.55. The second-order valence-electron chi connectivity index (χ2n) is 8.14. The molecule has 166 valence electrons. The highest BCUT2D eigenvalue weighted by atomic mass is 19.1. The van der Waals surface area contributed by atoms with Gasteiger partial charge in [0.2, 0.25) is 0 Å². The number of rotatable bonds is 5. The third-order valence-corrected chi connectivity index (χ3v) is 6.06. The van der Waals surface area contributed by atoms with E-state index in [4.69, 9.17) is 0 Å². The fourth-order valence-electron chi connectivity index (χ4n) is 4.28. The van der Waals surface area contributed by atoms with Gasteiger partial charge in [0.25, 0.3) is 0 Å². The summed E-state index contributed by atoms with van der Waals surface area (Å²) < 4.78 is 30.6. The molecule has 0 aliphatic carbocycles. The molecule has 0 bridgehead atoms. The summed E-state index contributed by atoms with van der Waals surface area (Å²) in [7, 11) is 1.68. The Kier molecular flexibility index (Phi) is 5.92. The van der Waals surface area contributed by atoms with Crippen LogP contribution in [0.15, 0.2) is 121 Å². The maximum absolute atomic E-state index is 16.2. The molecular formula is C31H23F2N. The molecule has 0 unspecified atom stereocenters. The zero-order valence-electron chi connectivity index (χ0n) is 18.8. The average Bonchev–Trinajstić information content (AvgIpc) is 2.89. The van der Waals surface area contributed by atoms with Crippen molar-refractivity contribution in [1.82, 2.24) is 0 Å². The molecule has 0 saturated heterocycles. The van der Waals surface area contributed by atoms with Gasteiger partial charge in [-0.1, -0.05) is 103 Å². The quantitative estimate of drug-likeness (QED) is 0.260. The zero-order valence-corrected chi connectivity index (χ0v) is 18.8. The van der Waals surface area contributed by atoms with Gasteiger partial charge in [-0.25, -0.2) is 8.78 Å². The second-order valence-corrected chi connectivity index (χ2v) is 8.14. The molecule has 0 atom stereocenters. The summed E-state index contributed by atoms with van der Waals surface area (Å²) in [5, 5.41) is 0. The lowest BCUT2D eigenvalue weighted by atomic mass is 9.92. The fraction of sp³-hybridized carbons (Fsp3) is 0.0323. The van der Waals surface area contributed by atoms with E-state index < -0.39 is 5.82 Å². The van der Waals surface area contributed by atoms with E-state index in [0.717, 1.165) is 27.8 Å². The van der Waals surface area contributed by atoms with E-state index in [1.165, 1.54) is 6.07 Å². The SMILES string of the molecule is CN(c1ccccc1F)c1ccc(-c2ccc(-c3ccccc3)cc2)c(-c2ccccc2)c1F. The van der Waals surface area contributed by atoms with Crippen molar-refractivity contribution in [3.05, 3.63) is 133 Å². The van der Waals surface area contributed by atoms with Crippen LogP contribution in [0.5, 0.6) is 0 Å². The minimum absolute atomic E-state index is 0.314. The minimum Gasteiger partial charge on any atom is -0.340 e. The van der Waals surface area contributed by atoms with Crippen molar-refractivity contribution in [2.75, 3.05) is 11.9 Å². The van der Waals surface area contributed by atoms with Crippen LogP contribution in [0.1, 0.15) is 0 Å². The number of nitrogens with zero attached hydrogens (tertiary/aromatic N) is 1. The molecule has 5 aromatic carbocycles. The van der Waals surface area contributed by atoms with Crippen LogP contribution >= 0.6 is 0 Å². The number of halogens is 2. The Morgan fingerprint density at radius 1 is 0.471 bits per heavy atom. The van der Waals surface area contributed by atoms with Gasteiger partial charge in [0.15, 0.2) is 5.82 Å². The summed E-state index contributed by atoms with van der Waals surface area (Å²) >= 11 is 0. The Hall–Kier alpha value is -4.24. The first-order valence-electron chi connectivity index (χ1n) is 11.2. The molecule has 5 rings (SSSR count). The molecule has 0 aliphatic heterocycles. The number of hydrogen-bond donors (Lipinski definition) is 0. The van der Waals surface area contributed by atoms with Crippen LogP contribution in [0.3, 0.4) is 0 Å². The molecule has 0 radical (unpaired) electrons. The standard InChI is InChI=1S/C31H23F2N/c1-34(28-15-9-8-14-27(28)32)29-21-20-26(30(31(29)33)25-12-6-3-7-13-25)24-18-16-23(17-19-24)22-10-4-2-5-11-22/h2-21H,1H3. The molecule has 0 aliphatic rings. The van der Waals surface area contributed by atoms with Gasteiger partial charge in [0, 0.05) is 12.6 Å². The average molecular weight is 448 g/mol. The molecule has 0 saturated carbocycles. The maximum Gasteiger partial charge on any atom is 0.155 e. The molecule has 0 spiro atoms. The Bertz CT molecular complexity index is 1410. The maximum atomic E-state index is 16.2. The summed E-state index contributed by atoms with van der Waals surface area (Å²) in [6.07, 6.45) is 0. The third kappa shape index (κ3) is 4.08. The predicted octanol–water partition coefficient (Wildman–Crippen LogP) is 8.73. The first-order chi connectivity index (χ1) is 16.6. The first kappa shape index (κ1) is 21.6. The minimum atomic E-state index is -0.397. The number of hydrogen-bond acceptors (Lipinski definition) is 1. The van der Waals surface area contributed by atoms with Crippen molar-refractivity contribution in [3.63, 3.8) is 0 Å². The largest absolute Gasteiger partial charge is 0.340 e. The van der Waals surface area contributed by atoms with Crippen LogP contribution in [0.4, 0.5) is 20.2 Å². The van der Waals surface area contributed by atoms with Crippen molar-refractivity contribution >= 4 is 11.4 Å². The third-order valence-electron chi connectivity index (χ3n) is 6.06. The lowest BCUT2D eigenvalue weighted by Crippen LogP contribution is -2.13. The van der Waals surface area contributed by atoms with Gasteiger partial charge < -0.3 is 4.90 Å². The zero-order chi connectivity index (χ0) is 23.5. The highest BCUT2D eigenvalue weighted by Gasteiger charge is 2.20. The fourth-order valence-corrected chi connectivity index (χ4v) is 4.28. The molecule has 0 amide bonds. The van der Waals surface area contributed by atoms with Crippen molar-refractivity contribution < 1.29 is 8.78 Å². The summed E-state index contributed by atoms with van der Waals surface area (Å²) in [6.45, 7) is 0. The normalized spacial score (nSPS) is 10.8. The number of anilines is 2. The van der Waals surface area contributed by atoms with E-state index in [-0.39, 0.29) is 5.82 Å². The van der Waals surface area contributed by atoms with Gasteiger partial charge in [0.05, 0.1) is 11.4 Å². The molecule has 0 aromatic heterocycles. The monoisotopic (exact) mass is 447 g/mol. The molecule has 34 heavy (non-hydrogen) atoms. The predicted molar refractivity (Wildman–Crippen MR) is 137 cm³/mol. The number of benzene rings is 5. The highest BCUT2D eigenvalue weighted by Crippen LogP contribution is 2.40. The Morgan fingerprint density at radius 2 is 1.00 bits per heavy atom.